The van der Waals surface area contributed by atoms with Gasteiger partial charge in [-0.15, -0.1) is 11.8 Å². The van der Waals surface area contributed by atoms with Crippen molar-refractivity contribution in [2.45, 2.75) is 51.6 Å². The number of carbonyl (C=O) groups is 2. The highest BCUT2D eigenvalue weighted by Gasteiger charge is 2.26. The monoisotopic (exact) mass is 506 g/mol. The number of ether oxygens (including phenoxy) is 1. The fourth-order valence-electron chi connectivity index (χ4n) is 2.94. The molecule has 0 aliphatic heterocycles. The van der Waals surface area contributed by atoms with Crippen molar-refractivity contribution < 1.29 is 14.3 Å². The molecule has 2 aromatic carbocycles. The Labute approximate surface area is 198 Å². The fourth-order valence-corrected chi connectivity index (χ4v) is 4.26. The summed E-state index contributed by atoms with van der Waals surface area (Å²) in [5, 5.41) is 2.99. The summed E-state index contributed by atoms with van der Waals surface area (Å²) in [5.41, 5.74) is 2.10. The van der Waals surface area contributed by atoms with Crippen molar-refractivity contribution in [1.29, 1.82) is 0 Å². The molecule has 1 N–H and O–H groups in total. The van der Waals surface area contributed by atoms with Gasteiger partial charge in [0.05, 0.1) is 12.9 Å². The molecule has 0 saturated carbocycles. The molecule has 0 aliphatic rings. The van der Waals surface area contributed by atoms with Crippen molar-refractivity contribution in [2.75, 3.05) is 12.9 Å². The van der Waals surface area contributed by atoms with Gasteiger partial charge in [0.15, 0.2) is 0 Å². The Morgan fingerprint density at radius 3 is 2.45 bits per heavy atom. The van der Waals surface area contributed by atoms with E-state index in [0.29, 0.717) is 18.1 Å². The quantitative estimate of drug-likeness (QED) is 0.464. The summed E-state index contributed by atoms with van der Waals surface area (Å²) in [7, 11) is 1.64. The number of nitrogens with one attached hydrogen (secondary N) is 1. The standard InChI is InChI=1S/C24H31BrN2O3S/c1-5-17(2)26-24(29)18(3)27(14-20-7-6-8-21(25)13-20)23(28)16-31-15-19-9-11-22(30-4)12-10-19/h6-13,17-18H,5,14-16H2,1-4H3,(H,26,29). The fraction of sp³-hybridized carbons (Fsp3) is 0.417. The van der Waals surface area contributed by atoms with Crippen LogP contribution in [0.5, 0.6) is 5.75 Å². The predicted molar refractivity (Wildman–Crippen MR) is 131 cm³/mol. The molecule has 0 bridgehead atoms. The van der Waals surface area contributed by atoms with Crippen molar-refractivity contribution in [3.8, 4) is 5.75 Å². The number of carbonyl (C=O) groups excluding carboxylic acids is 2. The minimum Gasteiger partial charge on any atom is -0.497 e. The Hall–Kier alpha value is -1.99. The highest BCUT2D eigenvalue weighted by atomic mass is 79.9. The molecule has 0 spiro atoms. The smallest absolute Gasteiger partial charge is 0.242 e. The topological polar surface area (TPSA) is 58.6 Å². The average molecular weight is 507 g/mol. The van der Waals surface area contributed by atoms with Gasteiger partial charge in [-0.2, -0.15) is 0 Å². The molecule has 0 heterocycles. The van der Waals surface area contributed by atoms with Gasteiger partial charge in [0.1, 0.15) is 11.8 Å². The Morgan fingerprint density at radius 2 is 1.84 bits per heavy atom. The maximum atomic E-state index is 13.1. The SMILES string of the molecule is CCC(C)NC(=O)C(C)N(Cc1cccc(Br)c1)C(=O)CSCc1ccc(OC)cc1. The number of rotatable bonds is 11. The van der Waals surface area contributed by atoms with Gasteiger partial charge in [-0.25, -0.2) is 0 Å². The van der Waals surface area contributed by atoms with Crippen LogP contribution in [0.1, 0.15) is 38.3 Å². The van der Waals surface area contributed by atoms with E-state index in [-0.39, 0.29) is 17.9 Å². The third kappa shape index (κ3) is 8.22. The van der Waals surface area contributed by atoms with Crippen LogP contribution in [-0.4, -0.2) is 41.7 Å². The van der Waals surface area contributed by atoms with Crippen LogP contribution in [0, 0.1) is 0 Å². The van der Waals surface area contributed by atoms with E-state index in [2.05, 4.69) is 21.2 Å². The first-order valence-corrected chi connectivity index (χ1v) is 12.3. The zero-order valence-corrected chi connectivity index (χ0v) is 21.0. The van der Waals surface area contributed by atoms with Crippen LogP contribution in [0.15, 0.2) is 53.0 Å². The van der Waals surface area contributed by atoms with Gasteiger partial charge in [-0.05, 0) is 55.7 Å². The van der Waals surface area contributed by atoms with E-state index in [1.54, 1.807) is 30.7 Å². The normalized spacial score (nSPS) is 12.7. The summed E-state index contributed by atoms with van der Waals surface area (Å²) in [4.78, 5) is 27.5. The minimum atomic E-state index is -0.554. The number of hydrogen-bond donors (Lipinski definition) is 1. The molecule has 7 heteroatoms. The molecular weight excluding hydrogens is 476 g/mol. The van der Waals surface area contributed by atoms with Crippen LogP contribution in [0.3, 0.4) is 0 Å². The van der Waals surface area contributed by atoms with E-state index >= 15 is 0 Å². The molecule has 0 aliphatic carbocycles. The van der Waals surface area contributed by atoms with Crippen LogP contribution in [-0.2, 0) is 21.9 Å². The van der Waals surface area contributed by atoms with Gasteiger partial charge in [0, 0.05) is 22.8 Å². The van der Waals surface area contributed by atoms with Crippen LogP contribution < -0.4 is 10.1 Å². The number of amides is 2. The molecule has 2 rings (SSSR count). The molecule has 2 aromatic rings. The second-order valence-electron chi connectivity index (χ2n) is 7.49. The van der Waals surface area contributed by atoms with E-state index in [1.165, 1.54) is 0 Å². The van der Waals surface area contributed by atoms with E-state index in [4.69, 9.17) is 4.74 Å². The van der Waals surface area contributed by atoms with E-state index in [0.717, 1.165) is 27.8 Å². The lowest BCUT2D eigenvalue weighted by Gasteiger charge is -2.29. The molecule has 5 nitrogen and oxygen atoms in total. The summed E-state index contributed by atoms with van der Waals surface area (Å²) in [6, 6.07) is 15.2. The Balaban J connectivity index is 2.06. The minimum absolute atomic E-state index is 0.0507. The van der Waals surface area contributed by atoms with Crippen LogP contribution >= 0.6 is 27.7 Å². The first-order valence-electron chi connectivity index (χ1n) is 10.4. The molecule has 0 aromatic heterocycles. The summed E-state index contributed by atoms with van der Waals surface area (Å²) >= 11 is 5.02. The largest absolute Gasteiger partial charge is 0.497 e. The molecule has 0 radical (unpaired) electrons. The predicted octanol–water partition coefficient (Wildman–Crippen LogP) is 5.02. The number of nitrogens with zero attached hydrogens (tertiary/aromatic N) is 1. The second kappa shape index (κ2) is 12.8. The van der Waals surface area contributed by atoms with Crippen LogP contribution in [0.4, 0.5) is 0 Å². The third-order valence-electron chi connectivity index (χ3n) is 5.06. The maximum Gasteiger partial charge on any atom is 0.242 e. The molecule has 0 saturated heterocycles. The highest BCUT2D eigenvalue weighted by Crippen LogP contribution is 2.19. The zero-order valence-electron chi connectivity index (χ0n) is 18.6. The third-order valence-corrected chi connectivity index (χ3v) is 6.55. The maximum absolute atomic E-state index is 13.1. The average Bonchev–Trinajstić information content (AvgIpc) is 2.77. The van der Waals surface area contributed by atoms with Crippen molar-refractivity contribution in [3.05, 3.63) is 64.1 Å². The number of halogens is 1. The molecule has 31 heavy (non-hydrogen) atoms. The number of methoxy groups -OCH3 is 1. The molecule has 2 unspecified atom stereocenters. The van der Waals surface area contributed by atoms with Crippen LogP contribution in [0.2, 0.25) is 0 Å². The van der Waals surface area contributed by atoms with Crippen molar-refractivity contribution in [3.63, 3.8) is 0 Å². The van der Waals surface area contributed by atoms with E-state index < -0.39 is 6.04 Å². The van der Waals surface area contributed by atoms with Crippen molar-refractivity contribution in [1.82, 2.24) is 10.2 Å². The summed E-state index contributed by atoms with van der Waals surface area (Å²) in [6.07, 6.45) is 0.843. The number of benzene rings is 2. The van der Waals surface area contributed by atoms with E-state index in [1.807, 2.05) is 62.4 Å². The highest BCUT2D eigenvalue weighted by molar-refractivity contribution is 9.10. The van der Waals surface area contributed by atoms with Crippen molar-refractivity contribution >= 4 is 39.5 Å². The van der Waals surface area contributed by atoms with Crippen molar-refractivity contribution in [2.24, 2.45) is 0 Å². The van der Waals surface area contributed by atoms with Crippen LogP contribution in [0.25, 0.3) is 0 Å². The number of thioether (sulfide) groups is 1. The van der Waals surface area contributed by atoms with Gasteiger partial charge >= 0.3 is 0 Å². The van der Waals surface area contributed by atoms with Gasteiger partial charge in [0.2, 0.25) is 11.8 Å². The Kier molecular flexibility index (Phi) is 10.4. The van der Waals surface area contributed by atoms with Gasteiger partial charge < -0.3 is 15.0 Å². The summed E-state index contributed by atoms with van der Waals surface area (Å²) in [5.74, 6) is 1.66. The molecule has 2 atom stereocenters. The summed E-state index contributed by atoms with van der Waals surface area (Å²) < 4.78 is 6.13. The Bertz CT molecular complexity index is 860. The Morgan fingerprint density at radius 1 is 1.13 bits per heavy atom. The summed E-state index contributed by atoms with van der Waals surface area (Å²) in [6.45, 7) is 6.17. The molecule has 168 valence electrons. The van der Waals surface area contributed by atoms with E-state index in [9.17, 15) is 9.59 Å². The lowest BCUT2D eigenvalue weighted by atomic mass is 10.1. The van der Waals surface area contributed by atoms with Gasteiger partial charge in [-0.1, -0.05) is 47.1 Å². The second-order valence-corrected chi connectivity index (χ2v) is 9.39. The lowest BCUT2D eigenvalue weighted by molar-refractivity contribution is -0.138. The number of hydrogen-bond acceptors (Lipinski definition) is 4. The lowest BCUT2D eigenvalue weighted by Crippen LogP contribution is -2.50. The zero-order chi connectivity index (χ0) is 22.8. The molecular formula is C24H31BrN2O3S. The van der Waals surface area contributed by atoms with Gasteiger partial charge in [0.25, 0.3) is 0 Å². The first kappa shape index (κ1) is 25.3. The van der Waals surface area contributed by atoms with Gasteiger partial charge in [-0.3, -0.25) is 9.59 Å². The molecule has 2 amide bonds. The molecule has 0 fully saturated rings. The first-order chi connectivity index (χ1) is 14.8.